The molecule has 0 bridgehead atoms. The summed E-state index contributed by atoms with van der Waals surface area (Å²) in [6.07, 6.45) is 0.324. The second-order valence-electron chi connectivity index (χ2n) is 7.20. The quantitative estimate of drug-likeness (QED) is 0.685. The number of amides is 1. The van der Waals surface area contributed by atoms with Crippen LogP contribution in [-0.4, -0.2) is 51.2 Å². The average molecular weight is 418 g/mol. The van der Waals surface area contributed by atoms with Crippen LogP contribution in [0, 0.1) is 0 Å². The van der Waals surface area contributed by atoms with E-state index in [-0.39, 0.29) is 17.3 Å². The Balaban J connectivity index is 1.69. The van der Waals surface area contributed by atoms with Crippen LogP contribution in [0.1, 0.15) is 29.6 Å². The fourth-order valence-electron chi connectivity index (χ4n) is 3.64. The maximum Gasteiger partial charge on any atom is 0.408 e. The summed E-state index contributed by atoms with van der Waals surface area (Å²) in [6, 6.07) is 8.51. The molecule has 3 aromatic rings. The lowest BCUT2D eigenvalue weighted by molar-refractivity contribution is -0.118. The number of H-pyrrole nitrogens is 1. The summed E-state index contributed by atoms with van der Waals surface area (Å²) < 4.78 is 39.2. The van der Waals surface area contributed by atoms with Gasteiger partial charge in [0.15, 0.2) is 5.49 Å². The molecule has 30 heavy (non-hydrogen) atoms. The van der Waals surface area contributed by atoms with Gasteiger partial charge in [0, 0.05) is 24.8 Å². The van der Waals surface area contributed by atoms with Crippen LogP contribution < -0.4 is 11.2 Å². The third-order valence-electron chi connectivity index (χ3n) is 5.06. The van der Waals surface area contributed by atoms with Crippen molar-refractivity contribution in [1.29, 1.82) is 0 Å². The molecule has 0 unspecified atom stereocenters. The van der Waals surface area contributed by atoms with E-state index in [1.54, 1.807) is 41.1 Å². The lowest BCUT2D eigenvalue weighted by Crippen LogP contribution is -2.35. The first-order valence-electron chi connectivity index (χ1n) is 9.66. The minimum absolute atomic E-state index is 0.0105. The number of likely N-dealkylation sites (tertiary alicyclic amines) is 1. The number of aromatic amines is 1. The lowest BCUT2D eigenvalue weighted by Gasteiger charge is -2.26. The van der Waals surface area contributed by atoms with Crippen LogP contribution in [0.5, 0.6) is 0 Å². The van der Waals surface area contributed by atoms with Crippen molar-refractivity contribution in [3.05, 3.63) is 47.6 Å². The highest BCUT2D eigenvalue weighted by atomic mass is 19.4. The summed E-state index contributed by atoms with van der Waals surface area (Å²) in [4.78, 5) is 25.1. The Hall–Kier alpha value is -3.30. The van der Waals surface area contributed by atoms with Crippen molar-refractivity contribution in [3.63, 3.8) is 0 Å². The number of nitrogen functional groups attached to an aromatic ring is 1. The molecule has 1 aliphatic rings. The van der Waals surface area contributed by atoms with Crippen LogP contribution >= 0.6 is 0 Å². The molecule has 158 valence electrons. The predicted molar refractivity (Wildman–Crippen MR) is 106 cm³/mol. The molecule has 7 nitrogen and oxygen atoms in total. The van der Waals surface area contributed by atoms with Gasteiger partial charge < -0.3 is 15.6 Å². The van der Waals surface area contributed by atoms with Crippen molar-refractivity contribution in [2.24, 2.45) is 4.99 Å². The Bertz CT molecular complexity index is 1120. The molecule has 10 heteroatoms. The van der Waals surface area contributed by atoms with Gasteiger partial charge in [0.25, 0.3) is 5.91 Å². The van der Waals surface area contributed by atoms with Gasteiger partial charge in [-0.3, -0.25) is 14.4 Å². The summed E-state index contributed by atoms with van der Waals surface area (Å²) in [7, 11) is 0. The fraction of sp³-hybridized carbons (Fsp3) is 0.350. The Morgan fingerprint density at radius 3 is 2.50 bits per heavy atom. The van der Waals surface area contributed by atoms with E-state index in [0.717, 1.165) is 32.4 Å². The third kappa shape index (κ3) is 4.03. The molecule has 4 rings (SSSR count). The van der Waals surface area contributed by atoms with Crippen molar-refractivity contribution in [3.8, 4) is 5.69 Å². The zero-order valence-corrected chi connectivity index (χ0v) is 16.1. The SMILES string of the molecule is Nc1nc(=NCC(F)(F)F)c2cc[nH]c2n1-c1ccc(C(=O)N2CCCCC2)cc1. The van der Waals surface area contributed by atoms with Gasteiger partial charge in [0.2, 0.25) is 5.95 Å². The van der Waals surface area contributed by atoms with Gasteiger partial charge in [0.05, 0.1) is 11.1 Å². The molecule has 1 saturated heterocycles. The second kappa shape index (κ2) is 7.85. The zero-order chi connectivity index (χ0) is 21.3. The number of nitrogens with one attached hydrogen (secondary N) is 1. The van der Waals surface area contributed by atoms with Gasteiger partial charge in [-0.05, 0) is 49.6 Å². The smallest absolute Gasteiger partial charge is 0.369 e. The van der Waals surface area contributed by atoms with Gasteiger partial charge in [-0.2, -0.15) is 18.2 Å². The number of alkyl halides is 3. The number of hydrogen-bond acceptors (Lipinski definition) is 4. The number of fused-ring (bicyclic) bond motifs is 1. The van der Waals surface area contributed by atoms with Crippen LogP contribution in [0.25, 0.3) is 16.7 Å². The van der Waals surface area contributed by atoms with E-state index < -0.39 is 12.7 Å². The number of carbonyl (C=O) groups is 1. The maximum atomic E-state index is 12.7. The van der Waals surface area contributed by atoms with Gasteiger partial charge in [-0.15, -0.1) is 0 Å². The minimum Gasteiger partial charge on any atom is -0.369 e. The van der Waals surface area contributed by atoms with E-state index in [0.29, 0.717) is 22.3 Å². The Labute approximate surface area is 170 Å². The molecule has 0 spiro atoms. The molecule has 1 fully saturated rings. The van der Waals surface area contributed by atoms with E-state index in [1.165, 1.54) is 0 Å². The number of halogens is 3. The van der Waals surface area contributed by atoms with Crippen molar-refractivity contribution >= 4 is 22.9 Å². The highest BCUT2D eigenvalue weighted by Gasteiger charge is 2.26. The number of piperidine rings is 1. The molecular formula is C20H21F3N6O. The molecule has 3 N–H and O–H groups in total. The van der Waals surface area contributed by atoms with Crippen molar-refractivity contribution < 1.29 is 18.0 Å². The maximum absolute atomic E-state index is 12.7. The number of benzene rings is 1. The van der Waals surface area contributed by atoms with E-state index in [2.05, 4.69) is 15.0 Å². The van der Waals surface area contributed by atoms with Crippen molar-refractivity contribution in [2.45, 2.75) is 25.4 Å². The standard InChI is InChI=1S/C20H21F3N6O/c21-20(22,23)12-26-16-15-8-9-25-17(15)29(19(24)27-16)14-6-4-13(5-7-14)18(30)28-10-2-1-3-11-28/h4-9,25H,1-3,10-12H2,(H2,24,26,27). The predicted octanol–water partition coefficient (Wildman–Crippen LogP) is 3.02. The van der Waals surface area contributed by atoms with Crippen molar-refractivity contribution in [2.75, 3.05) is 25.4 Å². The van der Waals surface area contributed by atoms with Gasteiger partial charge in [0.1, 0.15) is 12.2 Å². The molecule has 1 aromatic carbocycles. The normalized spacial score (nSPS) is 15.7. The lowest BCUT2D eigenvalue weighted by atomic mass is 10.1. The van der Waals surface area contributed by atoms with Crippen LogP contribution in [0.4, 0.5) is 19.1 Å². The summed E-state index contributed by atoms with van der Waals surface area (Å²) in [6.45, 7) is 0.188. The van der Waals surface area contributed by atoms with Crippen LogP contribution in [0.3, 0.4) is 0 Å². The minimum atomic E-state index is -4.43. The van der Waals surface area contributed by atoms with E-state index in [1.807, 2.05) is 4.90 Å². The average Bonchev–Trinajstić information content (AvgIpc) is 3.21. The highest BCUT2D eigenvalue weighted by Crippen LogP contribution is 2.21. The molecule has 0 radical (unpaired) electrons. The van der Waals surface area contributed by atoms with Gasteiger partial charge in [-0.1, -0.05) is 0 Å². The summed E-state index contributed by atoms with van der Waals surface area (Å²) in [5.74, 6) is -0.0235. The molecule has 0 saturated carbocycles. The monoisotopic (exact) mass is 418 g/mol. The third-order valence-corrected chi connectivity index (χ3v) is 5.06. The number of rotatable bonds is 3. The topological polar surface area (TPSA) is 92.3 Å². The summed E-state index contributed by atoms with van der Waals surface area (Å²) >= 11 is 0. The zero-order valence-electron chi connectivity index (χ0n) is 16.1. The molecule has 2 aromatic heterocycles. The van der Waals surface area contributed by atoms with Crippen LogP contribution in [0.2, 0.25) is 0 Å². The Morgan fingerprint density at radius 1 is 1.13 bits per heavy atom. The van der Waals surface area contributed by atoms with Crippen LogP contribution in [0.15, 0.2) is 41.5 Å². The van der Waals surface area contributed by atoms with E-state index >= 15 is 0 Å². The van der Waals surface area contributed by atoms with E-state index in [4.69, 9.17) is 5.73 Å². The fourth-order valence-corrected chi connectivity index (χ4v) is 3.64. The first-order chi connectivity index (χ1) is 14.3. The highest BCUT2D eigenvalue weighted by molar-refractivity contribution is 5.94. The number of hydrogen-bond donors (Lipinski definition) is 2. The summed E-state index contributed by atoms with van der Waals surface area (Å²) in [5.41, 5.74) is 7.65. The number of nitrogens with two attached hydrogens (primary N) is 1. The number of carbonyl (C=O) groups excluding carboxylic acids is 1. The molecule has 3 heterocycles. The number of nitrogens with zero attached hydrogens (tertiary/aromatic N) is 4. The first-order valence-corrected chi connectivity index (χ1v) is 9.66. The van der Waals surface area contributed by atoms with Gasteiger partial charge in [-0.25, -0.2) is 0 Å². The largest absolute Gasteiger partial charge is 0.408 e. The molecule has 1 aliphatic heterocycles. The molecule has 0 atom stereocenters. The van der Waals surface area contributed by atoms with Crippen molar-refractivity contribution in [1.82, 2.24) is 19.4 Å². The van der Waals surface area contributed by atoms with Crippen LogP contribution in [-0.2, 0) is 0 Å². The first kappa shape index (κ1) is 20.0. The number of anilines is 1. The Morgan fingerprint density at radius 2 is 1.83 bits per heavy atom. The van der Waals surface area contributed by atoms with E-state index in [9.17, 15) is 18.0 Å². The molecule has 1 amide bonds. The number of aromatic nitrogens is 3. The second-order valence-corrected chi connectivity index (χ2v) is 7.20. The summed E-state index contributed by atoms with van der Waals surface area (Å²) in [5, 5.41) is 0.418. The Kier molecular flexibility index (Phi) is 5.23. The van der Waals surface area contributed by atoms with Gasteiger partial charge >= 0.3 is 6.18 Å². The molecular weight excluding hydrogens is 397 g/mol. The molecule has 0 aliphatic carbocycles.